The molecule has 2 N–H and O–H groups in total. The molecule has 1 unspecified atom stereocenters. The highest BCUT2D eigenvalue weighted by molar-refractivity contribution is 5.94. The fourth-order valence-corrected chi connectivity index (χ4v) is 3.19. The fourth-order valence-electron chi connectivity index (χ4n) is 3.19. The van der Waals surface area contributed by atoms with E-state index < -0.39 is 48.9 Å². The summed E-state index contributed by atoms with van der Waals surface area (Å²) in [6.07, 6.45) is 0.216. The van der Waals surface area contributed by atoms with E-state index in [2.05, 4.69) is 5.32 Å². The zero-order valence-electron chi connectivity index (χ0n) is 16.6. The minimum atomic E-state index is -1.49. The largest absolute Gasteiger partial charge is 0.497 e. The molecule has 0 aliphatic carbocycles. The van der Waals surface area contributed by atoms with E-state index in [4.69, 9.17) is 14.6 Å². The summed E-state index contributed by atoms with van der Waals surface area (Å²) >= 11 is 0. The Labute approximate surface area is 173 Å². The van der Waals surface area contributed by atoms with Crippen LogP contribution in [0.25, 0.3) is 0 Å². The Morgan fingerprint density at radius 3 is 2.73 bits per heavy atom. The number of carboxylic acid groups (broad SMARTS) is 1. The Morgan fingerprint density at radius 2 is 2.07 bits per heavy atom. The van der Waals surface area contributed by atoms with E-state index in [1.165, 1.54) is 12.0 Å². The number of nitrogens with one attached hydrogen (secondary N) is 1. The number of carbonyl (C=O) groups is 4. The fraction of sp³-hybridized carbons (Fsp3) is 0.500. The predicted octanol–water partition coefficient (Wildman–Crippen LogP) is 1.68. The van der Waals surface area contributed by atoms with Crippen LogP contribution >= 0.6 is 0 Å². The molecule has 164 valence electrons. The Morgan fingerprint density at radius 1 is 1.30 bits per heavy atom. The Balaban J connectivity index is 2.03. The van der Waals surface area contributed by atoms with Crippen LogP contribution in [0.2, 0.25) is 0 Å². The van der Waals surface area contributed by atoms with E-state index in [9.17, 15) is 23.6 Å². The molecule has 1 aromatic rings. The molecule has 2 amide bonds. The minimum Gasteiger partial charge on any atom is -0.497 e. The van der Waals surface area contributed by atoms with Gasteiger partial charge in [0.25, 0.3) is 0 Å². The number of likely N-dealkylation sites (tertiary alicyclic amines) is 1. The van der Waals surface area contributed by atoms with E-state index in [-0.39, 0.29) is 13.2 Å². The van der Waals surface area contributed by atoms with Crippen molar-refractivity contribution in [3.63, 3.8) is 0 Å². The molecule has 30 heavy (non-hydrogen) atoms. The first kappa shape index (κ1) is 23.1. The maximum atomic E-state index is 12.7. The van der Waals surface area contributed by atoms with Crippen LogP contribution < -0.4 is 10.1 Å². The van der Waals surface area contributed by atoms with E-state index in [0.29, 0.717) is 30.6 Å². The molecule has 0 bridgehead atoms. The van der Waals surface area contributed by atoms with Crippen LogP contribution in [0.1, 0.15) is 31.2 Å². The predicted molar refractivity (Wildman–Crippen MR) is 103 cm³/mol. The Hall–Kier alpha value is -3.17. The van der Waals surface area contributed by atoms with Gasteiger partial charge in [0, 0.05) is 6.54 Å². The first-order valence-electron chi connectivity index (χ1n) is 9.53. The van der Waals surface area contributed by atoms with Gasteiger partial charge in [-0.25, -0.2) is 9.18 Å². The van der Waals surface area contributed by atoms with Crippen LogP contribution in [-0.2, 0) is 25.7 Å². The Bertz CT molecular complexity index is 786. The van der Waals surface area contributed by atoms with E-state index in [0.717, 1.165) is 0 Å². The van der Waals surface area contributed by atoms with E-state index >= 15 is 0 Å². The number of carboxylic acids is 1. The van der Waals surface area contributed by atoms with Crippen LogP contribution in [0.15, 0.2) is 24.3 Å². The van der Waals surface area contributed by atoms with Crippen molar-refractivity contribution < 1.29 is 38.1 Å². The average Bonchev–Trinajstić information content (AvgIpc) is 2.76. The highest BCUT2D eigenvalue weighted by atomic mass is 19.1. The molecule has 1 fully saturated rings. The number of halogens is 1. The van der Waals surface area contributed by atoms with Crippen LogP contribution in [0.5, 0.6) is 5.75 Å². The van der Waals surface area contributed by atoms with Crippen molar-refractivity contribution in [1.82, 2.24) is 10.2 Å². The number of methoxy groups -OCH3 is 1. The second-order valence-corrected chi connectivity index (χ2v) is 6.87. The van der Waals surface area contributed by atoms with Crippen LogP contribution in [-0.4, -0.2) is 66.2 Å². The summed E-state index contributed by atoms with van der Waals surface area (Å²) in [5.41, 5.74) is 0.704. The number of Topliss-reactive ketones (excluding diaryl/α,β-unsaturated/α-hetero) is 1. The first-order chi connectivity index (χ1) is 14.3. The van der Waals surface area contributed by atoms with Crippen LogP contribution in [0, 0.1) is 0 Å². The zero-order chi connectivity index (χ0) is 22.1. The molecule has 2 atom stereocenters. The number of piperidine rings is 1. The smallest absolute Gasteiger partial charge is 0.410 e. The molecular weight excluding hydrogens is 399 g/mol. The molecule has 0 radical (unpaired) electrons. The van der Waals surface area contributed by atoms with Crippen molar-refractivity contribution in [2.24, 2.45) is 0 Å². The lowest BCUT2D eigenvalue weighted by Gasteiger charge is -2.34. The number of alkyl halides is 1. The molecule has 0 aromatic heterocycles. The van der Waals surface area contributed by atoms with Crippen molar-refractivity contribution >= 4 is 23.8 Å². The molecular formula is C20H25FN2O7. The maximum absolute atomic E-state index is 12.7. The normalized spacial score (nSPS) is 17.0. The zero-order valence-corrected chi connectivity index (χ0v) is 16.6. The molecule has 9 nitrogen and oxygen atoms in total. The Kier molecular flexibility index (Phi) is 8.57. The van der Waals surface area contributed by atoms with Gasteiger partial charge in [0.15, 0.2) is 5.78 Å². The van der Waals surface area contributed by atoms with Gasteiger partial charge in [-0.1, -0.05) is 12.1 Å². The highest BCUT2D eigenvalue weighted by Crippen LogP contribution is 2.20. The summed E-state index contributed by atoms with van der Waals surface area (Å²) in [5.74, 6) is -2.48. The van der Waals surface area contributed by atoms with Gasteiger partial charge in [-0.05, 0) is 37.0 Å². The molecule has 1 aliphatic rings. The second-order valence-electron chi connectivity index (χ2n) is 6.87. The van der Waals surface area contributed by atoms with Crippen molar-refractivity contribution in [2.45, 2.75) is 44.4 Å². The summed E-state index contributed by atoms with van der Waals surface area (Å²) in [6.45, 7) is -1.15. The molecule has 1 saturated heterocycles. The van der Waals surface area contributed by atoms with Crippen molar-refractivity contribution in [1.29, 1.82) is 0 Å². The van der Waals surface area contributed by atoms with Crippen molar-refractivity contribution in [2.75, 3.05) is 20.3 Å². The summed E-state index contributed by atoms with van der Waals surface area (Å²) in [6, 6.07) is 4.56. The van der Waals surface area contributed by atoms with Crippen LogP contribution in [0.4, 0.5) is 9.18 Å². The quantitative estimate of drug-likeness (QED) is 0.618. The average molecular weight is 424 g/mol. The van der Waals surface area contributed by atoms with Gasteiger partial charge in [-0.3, -0.25) is 19.3 Å². The minimum absolute atomic E-state index is 0.0250. The van der Waals surface area contributed by atoms with Gasteiger partial charge in [-0.15, -0.1) is 0 Å². The van der Waals surface area contributed by atoms with Gasteiger partial charge >= 0.3 is 12.1 Å². The first-order valence-corrected chi connectivity index (χ1v) is 9.53. The number of amides is 2. The van der Waals surface area contributed by atoms with Gasteiger partial charge in [0.2, 0.25) is 5.91 Å². The van der Waals surface area contributed by atoms with Gasteiger partial charge in [0.1, 0.15) is 31.1 Å². The lowest BCUT2D eigenvalue weighted by Crippen LogP contribution is -2.55. The molecule has 2 rings (SSSR count). The SMILES string of the molecule is COc1cccc(COC(=O)N2CCCC[C@H]2C(=O)NC(CC(=O)O)C(=O)CF)c1. The third kappa shape index (κ3) is 6.43. The number of rotatable bonds is 9. The number of aliphatic carboxylic acids is 1. The van der Waals surface area contributed by atoms with Crippen molar-refractivity contribution in [3.05, 3.63) is 29.8 Å². The molecule has 1 aliphatic heterocycles. The summed E-state index contributed by atoms with van der Waals surface area (Å²) < 4.78 is 23.1. The number of nitrogens with zero attached hydrogens (tertiary/aromatic N) is 1. The number of ether oxygens (including phenoxy) is 2. The number of ketones is 1. The van der Waals surface area contributed by atoms with Crippen molar-refractivity contribution in [3.8, 4) is 5.75 Å². The van der Waals surface area contributed by atoms with Gasteiger partial charge in [-0.2, -0.15) is 0 Å². The molecule has 0 saturated carbocycles. The van der Waals surface area contributed by atoms with Crippen LogP contribution in [0.3, 0.4) is 0 Å². The standard InChI is InChI=1S/C20H25FN2O7/c1-29-14-6-4-5-13(9-14)12-30-20(28)23-8-3-2-7-16(23)19(27)22-15(10-18(25)26)17(24)11-21/h4-6,9,15-16H,2-3,7-8,10-12H2,1H3,(H,22,27)(H,25,26)/t15?,16-/m0/s1. The molecule has 1 aromatic carbocycles. The second kappa shape index (κ2) is 11.1. The third-order valence-electron chi connectivity index (χ3n) is 4.75. The third-order valence-corrected chi connectivity index (χ3v) is 4.75. The maximum Gasteiger partial charge on any atom is 0.410 e. The monoisotopic (exact) mass is 424 g/mol. The number of hydrogen-bond acceptors (Lipinski definition) is 6. The summed E-state index contributed by atoms with van der Waals surface area (Å²) in [5, 5.41) is 11.2. The van der Waals surface area contributed by atoms with E-state index in [1.54, 1.807) is 24.3 Å². The molecule has 10 heteroatoms. The highest BCUT2D eigenvalue weighted by Gasteiger charge is 2.35. The topological polar surface area (TPSA) is 122 Å². The number of carbonyl (C=O) groups excluding carboxylic acids is 3. The summed E-state index contributed by atoms with van der Waals surface area (Å²) in [4.78, 5) is 49.0. The molecule has 0 spiro atoms. The lowest BCUT2D eigenvalue weighted by molar-refractivity contribution is -0.140. The van der Waals surface area contributed by atoms with Gasteiger partial charge in [0.05, 0.1) is 13.5 Å². The summed E-state index contributed by atoms with van der Waals surface area (Å²) in [7, 11) is 1.52. The molecule has 1 heterocycles. The lowest BCUT2D eigenvalue weighted by atomic mass is 10.0. The number of benzene rings is 1. The van der Waals surface area contributed by atoms with Gasteiger partial charge < -0.3 is 19.9 Å². The van der Waals surface area contributed by atoms with E-state index in [1.807, 2.05) is 0 Å². The number of hydrogen-bond donors (Lipinski definition) is 2.